The number of nitrogens with zero attached hydrogens (tertiary/aromatic N) is 1. The Morgan fingerprint density at radius 3 is 2.77 bits per heavy atom. The number of aromatic nitrogens is 1. The van der Waals surface area contributed by atoms with Crippen molar-refractivity contribution in [3.8, 4) is 11.3 Å². The standard InChI is InChI=1S/C19H10NS.Ir/c1-2-6-13-12(5-1)11-17-18-14(13)9-10-20-19(18)15-7-3-4-8-16(15)21-17;/h1-6,8-11H;/q-1;. The molecule has 0 spiro atoms. The SMILES string of the molecule is [Ir].[c-]1cccc2c1-c1nccc3c1c(cc1ccccc13)S2. The molecule has 1 radical (unpaired) electrons. The molecule has 3 heteroatoms. The van der Waals surface area contributed by atoms with Crippen molar-refractivity contribution in [2.45, 2.75) is 9.79 Å². The van der Waals surface area contributed by atoms with Crippen LogP contribution in [0.3, 0.4) is 0 Å². The van der Waals surface area contributed by atoms with Gasteiger partial charge >= 0.3 is 0 Å². The van der Waals surface area contributed by atoms with Crippen molar-refractivity contribution in [3.05, 3.63) is 66.9 Å². The molecule has 0 amide bonds. The Balaban J connectivity index is 0.00000125. The summed E-state index contributed by atoms with van der Waals surface area (Å²) < 4.78 is 0. The molecule has 0 saturated carbocycles. The smallest absolute Gasteiger partial charge is 0.0167 e. The van der Waals surface area contributed by atoms with E-state index < -0.39 is 0 Å². The van der Waals surface area contributed by atoms with Crippen molar-refractivity contribution < 1.29 is 20.1 Å². The van der Waals surface area contributed by atoms with E-state index in [4.69, 9.17) is 0 Å². The molecule has 5 rings (SSSR count). The van der Waals surface area contributed by atoms with E-state index in [0.717, 1.165) is 11.3 Å². The van der Waals surface area contributed by atoms with Crippen molar-refractivity contribution in [2.24, 2.45) is 0 Å². The van der Waals surface area contributed by atoms with Gasteiger partial charge in [-0.3, -0.25) is 0 Å². The van der Waals surface area contributed by atoms with Crippen LogP contribution in [0, 0.1) is 6.07 Å². The number of hydrogen-bond acceptors (Lipinski definition) is 2. The summed E-state index contributed by atoms with van der Waals surface area (Å²) in [6.07, 6.45) is 1.91. The Bertz CT molecular complexity index is 1030. The average Bonchev–Trinajstić information content (AvgIpc) is 2.55. The summed E-state index contributed by atoms with van der Waals surface area (Å²) in [6, 6.07) is 22.5. The largest absolute Gasteiger partial charge is 0.304 e. The molecule has 1 nitrogen and oxygen atoms in total. The normalized spacial score (nSPS) is 12.0. The average molecular weight is 477 g/mol. The van der Waals surface area contributed by atoms with Crippen LogP contribution in [0.1, 0.15) is 0 Å². The molecule has 0 N–H and O–H groups in total. The summed E-state index contributed by atoms with van der Waals surface area (Å²) >= 11 is 1.82. The number of benzene rings is 3. The molecule has 1 aliphatic rings. The summed E-state index contributed by atoms with van der Waals surface area (Å²) in [4.78, 5) is 7.17. The van der Waals surface area contributed by atoms with E-state index in [1.165, 1.54) is 31.3 Å². The molecule has 1 aliphatic heterocycles. The molecule has 0 saturated heterocycles. The number of hydrogen-bond donors (Lipinski definition) is 0. The second kappa shape index (κ2) is 5.20. The Labute approximate surface area is 146 Å². The van der Waals surface area contributed by atoms with Gasteiger partial charge in [0, 0.05) is 31.2 Å². The monoisotopic (exact) mass is 477 g/mol. The van der Waals surface area contributed by atoms with E-state index in [2.05, 4.69) is 53.5 Å². The Morgan fingerprint density at radius 2 is 1.82 bits per heavy atom. The maximum absolute atomic E-state index is 4.64. The van der Waals surface area contributed by atoms with Crippen LogP contribution < -0.4 is 0 Å². The number of pyridine rings is 1. The quantitative estimate of drug-likeness (QED) is 0.222. The summed E-state index contributed by atoms with van der Waals surface area (Å²) in [5, 5.41) is 5.12. The minimum Gasteiger partial charge on any atom is -0.304 e. The fraction of sp³-hybridized carbons (Fsp3) is 0. The van der Waals surface area contributed by atoms with Crippen LogP contribution in [-0.4, -0.2) is 4.98 Å². The van der Waals surface area contributed by atoms with Gasteiger partial charge < -0.3 is 4.98 Å². The third kappa shape index (κ3) is 1.86. The maximum atomic E-state index is 4.64. The predicted molar refractivity (Wildman–Crippen MR) is 87.6 cm³/mol. The van der Waals surface area contributed by atoms with E-state index in [9.17, 15) is 0 Å². The van der Waals surface area contributed by atoms with Gasteiger partial charge in [-0.1, -0.05) is 29.2 Å². The number of rotatable bonds is 0. The van der Waals surface area contributed by atoms with Crippen molar-refractivity contribution in [1.82, 2.24) is 4.98 Å². The molecule has 0 aliphatic carbocycles. The zero-order chi connectivity index (χ0) is 13.8. The van der Waals surface area contributed by atoms with Crippen molar-refractivity contribution in [3.63, 3.8) is 0 Å². The Kier molecular flexibility index (Phi) is 3.30. The van der Waals surface area contributed by atoms with E-state index in [1.807, 2.05) is 30.1 Å². The first-order valence-electron chi connectivity index (χ1n) is 6.91. The molecule has 1 aromatic heterocycles. The van der Waals surface area contributed by atoms with Crippen LogP contribution in [-0.2, 0) is 20.1 Å². The van der Waals surface area contributed by atoms with E-state index in [0.29, 0.717) is 0 Å². The van der Waals surface area contributed by atoms with E-state index in [-0.39, 0.29) is 20.1 Å². The molecular weight excluding hydrogens is 467 g/mol. The van der Waals surface area contributed by atoms with Crippen LogP contribution in [0.25, 0.3) is 32.8 Å². The van der Waals surface area contributed by atoms with Gasteiger partial charge in [0.05, 0.1) is 0 Å². The molecular formula is C19H10IrNS-. The second-order valence-corrected chi connectivity index (χ2v) is 6.27. The van der Waals surface area contributed by atoms with E-state index in [1.54, 1.807) is 0 Å². The molecule has 22 heavy (non-hydrogen) atoms. The molecule has 0 unspecified atom stereocenters. The zero-order valence-electron chi connectivity index (χ0n) is 11.5. The Morgan fingerprint density at radius 1 is 0.909 bits per heavy atom. The summed E-state index contributed by atoms with van der Waals surface area (Å²) in [7, 11) is 0. The first kappa shape index (κ1) is 14.0. The summed E-state index contributed by atoms with van der Waals surface area (Å²) in [5.41, 5.74) is 2.18. The first-order valence-corrected chi connectivity index (χ1v) is 7.73. The molecule has 4 aromatic rings. The Hall–Kier alpha value is -1.67. The van der Waals surface area contributed by atoms with Gasteiger partial charge in [-0.25, -0.2) is 0 Å². The van der Waals surface area contributed by atoms with Crippen molar-refractivity contribution in [1.29, 1.82) is 0 Å². The fourth-order valence-electron chi connectivity index (χ4n) is 3.10. The molecule has 0 fully saturated rings. The summed E-state index contributed by atoms with van der Waals surface area (Å²) in [5.74, 6) is 0. The number of fused-ring (bicyclic) bond motifs is 4. The zero-order valence-corrected chi connectivity index (χ0v) is 14.7. The van der Waals surface area contributed by atoms with Crippen LogP contribution >= 0.6 is 11.8 Å². The van der Waals surface area contributed by atoms with Crippen molar-refractivity contribution in [2.75, 3.05) is 0 Å². The third-order valence-electron chi connectivity index (χ3n) is 4.01. The van der Waals surface area contributed by atoms with Crippen LogP contribution in [0.2, 0.25) is 0 Å². The maximum Gasteiger partial charge on any atom is 0.0167 e. The van der Waals surface area contributed by atoms with Crippen molar-refractivity contribution >= 4 is 33.3 Å². The molecule has 0 atom stereocenters. The van der Waals surface area contributed by atoms with E-state index >= 15 is 0 Å². The summed E-state index contributed by atoms with van der Waals surface area (Å²) in [6.45, 7) is 0. The van der Waals surface area contributed by atoms with Crippen LogP contribution in [0.5, 0.6) is 0 Å². The third-order valence-corrected chi connectivity index (χ3v) is 5.11. The van der Waals surface area contributed by atoms with Gasteiger partial charge in [0.15, 0.2) is 0 Å². The molecule has 0 bridgehead atoms. The van der Waals surface area contributed by atoms with Gasteiger partial charge in [0.2, 0.25) is 0 Å². The fourth-order valence-corrected chi connectivity index (χ4v) is 4.23. The van der Waals surface area contributed by atoms with Gasteiger partial charge in [-0.2, -0.15) is 0 Å². The molecule has 2 heterocycles. The second-order valence-electron chi connectivity index (χ2n) is 5.19. The van der Waals surface area contributed by atoms with Crippen LogP contribution in [0.4, 0.5) is 0 Å². The minimum atomic E-state index is 0. The molecule has 107 valence electrons. The minimum absolute atomic E-state index is 0. The van der Waals surface area contributed by atoms with Crippen LogP contribution in [0.15, 0.2) is 70.6 Å². The van der Waals surface area contributed by atoms with Gasteiger partial charge in [-0.15, -0.1) is 41.6 Å². The molecule has 3 aromatic carbocycles. The predicted octanol–water partition coefficient (Wildman–Crippen LogP) is 5.32. The van der Waals surface area contributed by atoms with Gasteiger partial charge in [-0.05, 0) is 39.4 Å². The van der Waals surface area contributed by atoms with Gasteiger partial charge in [0.25, 0.3) is 0 Å². The van der Waals surface area contributed by atoms with Gasteiger partial charge in [0.1, 0.15) is 0 Å². The topological polar surface area (TPSA) is 12.9 Å². The first-order chi connectivity index (χ1) is 10.4.